The van der Waals surface area contributed by atoms with Gasteiger partial charge in [0.15, 0.2) is 0 Å². The zero-order valence-corrected chi connectivity index (χ0v) is 22.2. The molecule has 2 aromatic carbocycles. The van der Waals surface area contributed by atoms with Crippen molar-refractivity contribution >= 4 is 81.5 Å². The van der Waals surface area contributed by atoms with Crippen LogP contribution in [0.1, 0.15) is 47.5 Å². The number of anilines is 1. The summed E-state index contributed by atoms with van der Waals surface area (Å²) in [5.41, 5.74) is -0.0165. The van der Waals surface area contributed by atoms with Gasteiger partial charge in [-0.1, -0.05) is 47.6 Å². The van der Waals surface area contributed by atoms with E-state index in [-0.39, 0.29) is 10.6 Å². The molecule has 0 bridgehead atoms. The minimum Gasteiger partial charge on any atom is -0.467 e. The van der Waals surface area contributed by atoms with Crippen LogP contribution in [0.5, 0.6) is 0 Å². The lowest BCUT2D eigenvalue weighted by atomic mass is 9.97. The number of hydrogen-bond donors (Lipinski definition) is 2. The van der Waals surface area contributed by atoms with E-state index < -0.39 is 39.5 Å². The van der Waals surface area contributed by atoms with Crippen LogP contribution >= 0.6 is 58.0 Å². The van der Waals surface area contributed by atoms with Crippen LogP contribution in [0.4, 0.5) is 5.69 Å². The Morgan fingerprint density at radius 3 is 2.20 bits per heavy atom. The molecule has 6 nitrogen and oxygen atoms in total. The Balaban J connectivity index is 1.51. The van der Waals surface area contributed by atoms with Gasteiger partial charge in [0.25, 0.3) is 5.91 Å². The average Bonchev–Trinajstić information content (AvgIpc) is 3.11. The summed E-state index contributed by atoms with van der Waals surface area (Å²) < 4.78 is 3.56. The molecular weight excluding hydrogens is 558 g/mol. The fourth-order valence-corrected chi connectivity index (χ4v) is 6.23. The summed E-state index contributed by atoms with van der Waals surface area (Å²) in [7, 11) is 1.29. The third kappa shape index (κ3) is 5.23. The van der Waals surface area contributed by atoms with Crippen molar-refractivity contribution in [2.75, 3.05) is 12.4 Å². The molecule has 2 saturated carbocycles. The maximum absolute atomic E-state index is 13.1. The van der Waals surface area contributed by atoms with Crippen LogP contribution in [-0.4, -0.2) is 34.8 Å². The first-order valence-electron chi connectivity index (χ1n) is 10.8. The number of carbonyl (C=O) groups excluding carboxylic acids is 3. The van der Waals surface area contributed by atoms with Gasteiger partial charge in [0.1, 0.15) is 9.87 Å². The van der Waals surface area contributed by atoms with Crippen molar-refractivity contribution < 1.29 is 19.1 Å². The number of benzene rings is 2. The number of methoxy groups -OCH3 is 1. The van der Waals surface area contributed by atoms with Crippen LogP contribution in [0.3, 0.4) is 0 Å². The fraction of sp³-hybridized carbons (Fsp3) is 0.375. The highest BCUT2D eigenvalue weighted by molar-refractivity contribution is 6.53. The largest absolute Gasteiger partial charge is 0.467 e. The quantitative estimate of drug-likeness (QED) is 0.307. The van der Waals surface area contributed by atoms with E-state index in [0.29, 0.717) is 34.1 Å². The Bertz CT molecular complexity index is 1180. The van der Waals surface area contributed by atoms with Gasteiger partial charge in [-0.2, -0.15) is 0 Å². The molecule has 2 aliphatic carbocycles. The predicted molar refractivity (Wildman–Crippen MR) is 138 cm³/mol. The van der Waals surface area contributed by atoms with E-state index in [4.69, 9.17) is 62.7 Å². The number of carbonyl (C=O) groups is 3. The number of hydrogen-bond acceptors (Lipinski definition) is 4. The number of rotatable bonds is 6. The lowest BCUT2D eigenvalue weighted by Gasteiger charge is -2.27. The van der Waals surface area contributed by atoms with Crippen molar-refractivity contribution in [2.24, 2.45) is 5.92 Å². The second-order valence-electron chi connectivity index (χ2n) is 8.75. The van der Waals surface area contributed by atoms with Gasteiger partial charge in [-0.15, -0.1) is 23.2 Å². The highest BCUT2D eigenvalue weighted by atomic mass is 35.5. The molecule has 0 aliphatic heterocycles. The number of nitrogens with one attached hydrogen (secondary N) is 2. The van der Waals surface area contributed by atoms with Crippen molar-refractivity contribution in [3.05, 3.63) is 62.6 Å². The number of esters is 1. The maximum Gasteiger partial charge on any atom is 0.331 e. The Morgan fingerprint density at radius 1 is 0.971 bits per heavy atom. The molecule has 186 valence electrons. The van der Waals surface area contributed by atoms with Crippen LogP contribution < -0.4 is 10.6 Å². The molecule has 2 aromatic rings. The fourth-order valence-electron chi connectivity index (χ4n) is 4.66. The zero-order chi connectivity index (χ0) is 25.5. The van der Waals surface area contributed by atoms with E-state index in [1.807, 2.05) is 0 Å². The number of ether oxygens (including phenoxy) is 1. The standard InChI is InChI=1S/C24H21Cl5N2O4/c1-35-22(34)23(6-2-3-7-23)31-20(32)16-11-15(4-5-17(16)27)30-21(33)19-18(24(19,28)29)12-8-13(25)10-14(26)9-12/h4-5,8-11,18-19H,2-3,6-7H2,1H3,(H,30,33)(H,31,32)/t18-,19+/m1/s1. The van der Waals surface area contributed by atoms with Gasteiger partial charge >= 0.3 is 5.97 Å². The zero-order valence-electron chi connectivity index (χ0n) is 18.5. The highest BCUT2D eigenvalue weighted by Crippen LogP contribution is 2.65. The SMILES string of the molecule is COC(=O)C1(NC(=O)c2cc(NC(=O)[C@@H]3[C@@H](c4cc(Cl)cc(Cl)c4)C3(Cl)Cl)ccc2Cl)CCCC1. The van der Waals surface area contributed by atoms with Crippen molar-refractivity contribution in [1.82, 2.24) is 5.32 Å². The van der Waals surface area contributed by atoms with E-state index >= 15 is 0 Å². The van der Waals surface area contributed by atoms with Crippen LogP contribution in [0, 0.1) is 5.92 Å². The molecule has 0 saturated heterocycles. The second kappa shape index (κ2) is 9.98. The van der Waals surface area contributed by atoms with Crippen LogP contribution in [0.15, 0.2) is 36.4 Å². The predicted octanol–water partition coefficient (Wildman–Crippen LogP) is 6.39. The number of halogens is 5. The van der Waals surface area contributed by atoms with E-state index in [9.17, 15) is 14.4 Å². The van der Waals surface area contributed by atoms with Gasteiger partial charge in [0.05, 0.1) is 23.6 Å². The summed E-state index contributed by atoms with van der Waals surface area (Å²) in [6.45, 7) is 0. The van der Waals surface area contributed by atoms with Crippen molar-refractivity contribution in [3.8, 4) is 0 Å². The molecule has 0 unspecified atom stereocenters. The average molecular weight is 579 g/mol. The summed E-state index contributed by atoms with van der Waals surface area (Å²) in [5, 5.41) is 6.51. The molecule has 0 spiro atoms. The van der Waals surface area contributed by atoms with E-state index in [2.05, 4.69) is 10.6 Å². The van der Waals surface area contributed by atoms with Gasteiger partial charge in [0, 0.05) is 21.7 Å². The van der Waals surface area contributed by atoms with Crippen molar-refractivity contribution in [3.63, 3.8) is 0 Å². The van der Waals surface area contributed by atoms with Crippen LogP contribution in [0.25, 0.3) is 0 Å². The van der Waals surface area contributed by atoms with Crippen molar-refractivity contribution in [2.45, 2.75) is 41.5 Å². The maximum atomic E-state index is 13.1. The molecule has 0 heterocycles. The van der Waals surface area contributed by atoms with Gasteiger partial charge in [-0.3, -0.25) is 9.59 Å². The number of alkyl halides is 2. The second-order valence-corrected chi connectivity index (χ2v) is 11.5. The molecule has 2 aliphatic rings. The van der Waals surface area contributed by atoms with Crippen LogP contribution in [-0.2, 0) is 14.3 Å². The monoisotopic (exact) mass is 576 g/mol. The van der Waals surface area contributed by atoms with Gasteiger partial charge in [-0.25, -0.2) is 4.79 Å². The Hall–Kier alpha value is -1.70. The highest BCUT2D eigenvalue weighted by Gasteiger charge is 2.67. The summed E-state index contributed by atoms with van der Waals surface area (Å²) in [5.74, 6) is -2.76. The molecule has 35 heavy (non-hydrogen) atoms. The molecule has 2 fully saturated rings. The molecule has 0 radical (unpaired) electrons. The lowest BCUT2D eigenvalue weighted by molar-refractivity contribution is -0.148. The normalized spacial score (nSPS) is 21.8. The minimum atomic E-state index is -1.35. The Kier molecular flexibility index (Phi) is 7.52. The number of amides is 2. The van der Waals surface area contributed by atoms with Gasteiger partial charge in [-0.05, 0) is 54.8 Å². The van der Waals surface area contributed by atoms with Crippen LogP contribution in [0.2, 0.25) is 15.1 Å². The summed E-state index contributed by atoms with van der Waals surface area (Å²) in [4.78, 5) is 38.4. The Labute approximate surface area is 227 Å². The summed E-state index contributed by atoms with van der Waals surface area (Å²) in [6.07, 6.45) is 2.53. The first-order valence-corrected chi connectivity index (χ1v) is 12.7. The molecule has 4 rings (SSSR count). The molecule has 0 aromatic heterocycles. The van der Waals surface area contributed by atoms with Crippen molar-refractivity contribution in [1.29, 1.82) is 0 Å². The van der Waals surface area contributed by atoms with Gasteiger partial charge in [0.2, 0.25) is 5.91 Å². The third-order valence-electron chi connectivity index (χ3n) is 6.44. The minimum absolute atomic E-state index is 0.108. The first-order chi connectivity index (χ1) is 16.5. The molecular formula is C24H21Cl5N2O4. The smallest absolute Gasteiger partial charge is 0.331 e. The summed E-state index contributed by atoms with van der Waals surface area (Å²) in [6, 6.07) is 9.38. The molecule has 2 atom stereocenters. The molecule has 11 heteroatoms. The van der Waals surface area contributed by atoms with E-state index in [1.165, 1.54) is 19.2 Å². The Morgan fingerprint density at radius 2 is 1.60 bits per heavy atom. The first kappa shape index (κ1) is 26.4. The van der Waals surface area contributed by atoms with Gasteiger partial charge < -0.3 is 15.4 Å². The molecule has 2 N–H and O–H groups in total. The topological polar surface area (TPSA) is 84.5 Å². The molecule has 2 amide bonds. The third-order valence-corrected chi connectivity index (χ3v) is 8.15. The lowest BCUT2D eigenvalue weighted by Crippen LogP contribution is -2.53. The summed E-state index contributed by atoms with van der Waals surface area (Å²) >= 11 is 31.3. The van der Waals surface area contributed by atoms with E-state index in [0.717, 1.165) is 12.8 Å². The van der Waals surface area contributed by atoms with E-state index in [1.54, 1.807) is 24.3 Å².